The maximum Gasteiger partial charge on any atom is 0.407 e. The number of carboxylic acids is 1. The van der Waals surface area contributed by atoms with Gasteiger partial charge in [0.05, 0.1) is 11.3 Å². The van der Waals surface area contributed by atoms with Crippen molar-refractivity contribution in [3.05, 3.63) is 59.7 Å². The molecule has 174 valence electrons. The van der Waals surface area contributed by atoms with Crippen molar-refractivity contribution in [3.63, 3.8) is 0 Å². The highest BCUT2D eigenvalue weighted by Crippen LogP contribution is 2.44. The number of carboxylic acid groups (broad SMARTS) is 1. The number of hydrogen-bond donors (Lipinski definition) is 2. The molecule has 2 N–H and O–H groups in total. The number of alkyl carbamates (subject to hydrolysis) is 1. The van der Waals surface area contributed by atoms with E-state index in [0.29, 0.717) is 19.4 Å². The third-order valence-corrected chi connectivity index (χ3v) is 7.11. The Labute approximate surface area is 193 Å². The molecular formula is C26H30N2O5. The van der Waals surface area contributed by atoms with Gasteiger partial charge < -0.3 is 20.1 Å². The fourth-order valence-corrected chi connectivity index (χ4v) is 4.96. The van der Waals surface area contributed by atoms with Crippen molar-refractivity contribution < 1.29 is 24.2 Å². The lowest BCUT2D eigenvalue weighted by Crippen LogP contribution is -2.41. The molecule has 1 aliphatic heterocycles. The Hall–Kier alpha value is -3.35. The average Bonchev–Trinajstić information content (AvgIpc) is 3.41. The molecule has 2 aromatic rings. The van der Waals surface area contributed by atoms with Crippen molar-refractivity contribution in [2.45, 2.75) is 32.6 Å². The Bertz CT molecular complexity index is 1020. The molecule has 4 rings (SSSR count). The van der Waals surface area contributed by atoms with Crippen LogP contribution in [0.1, 0.15) is 43.7 Å². The monoisotopic (exact) mass is 450 g/mol. The molecule has 7 nitrogen and oxygen atoms in total. The zero-order valence-electron chi connectivity index (χ0n) is 19.0. The first-order valence-electron chi connectivity index (χ1n) is 11.5. The van der Waals surface area contributed by atoms with Gasteiger partial charge in [-0.05, 0) is 35.1 Å². The second-order valence-corrected chi connectivity index (χ2v) is 9.06. The van der Waals surface area contributed by atoms with Gasteiger partial charge >= 0.3 is 12.1 Å². The predicted molar refractivity (Wildman–Crippen MR) is 124 cm³/mol. The van der Waals surface area contributed by atoms with Crippen molar-refractivity contribution in [2.24, 2.45) is 11.3 Å². The molecule has 2 aromatic carbocycles. The summed E-state index contributed by atoms with van der Waals surface area (Å²) in [6.45, 7) is 4.56. The molecule has 2 unspecified atom stereocenters. The zero-order valence-corrected chi connectivity index (χ0v) is 19.0. The summed E-state index contributed by atoms with van der Waals surface area (Å²) in [5.41, 5.74) is 3.74. The van der Waals surface area contributed by atoms with Gasteiger partial charge in [-0.15, -0.1) is 0 Å². The van der Waals surface area contributed by atoms with E-state index in [4.69, 9.17) is 4.74 Å². The van der Waals surface area contributed by atoms with E-state index in [9.17, 15) is 19.5 Å². The van der Waals surface area contributed by atoms with Gasteiger partial charge in [0.1, 0.15) is 6.61 Å². The molecule has 1 saturated heterocycles. The van der Waals surface area contributed by atoms with Gasteiger partial charge in [-0.3, -0.25) is 9.59 Å². The molecule has 0 bridgehead atoms. The lowest BCUT2D eigenvalue weighted by Gasteiger charge is -2.25. The largest absolute Gasteiger partial charge is 0.481 e. The summed E-state index contributed by atoms with van der Waals surface area (Å²) in [4.78, 5) is 38.4. The van der Waals surface area contributed by atoms with E-state index in [2.05, 4.69) is 29.6 Å². The molecule has 1 aliphatic carbocycles. The maximum atomic E-state index is 12.8. The van der Waals surface area contributed by atoms with Crippen LogP contribution < -0.4 is 5.32 Å². The van der Waals surface area contributed by atoms with Crippen LogP contribution in [0.3, 0.4) is 0 Å². The Morgan fingerprint density at radius 3 is 2.27 bits per heavy atom. The van der Waals surface area contributed by atoms with Gasteiger partial charge in [-0.1, -0.05) is 62.4 Å². The van der Waals surface area contributed by atoms with Crippen molar-refractivity contribution in [1.29, 1.82) is 0 Å². The SMILES string of the molecule is CCC1(C(=O)O)CCN(C(=O)C(C)CNC(=O)OCC2c3ccccc3-c3ccccc32)C1. The fourth-order valence-electron chi connectivity index (χ4n) is 4.96. The van der Waals surface area contributed by atoms with Crippen LogP contribution in [-0.4, -0.2) is 54.2 Å². The zero-order chi connectivity index (χ0) is 23.6. The van der Waals surface area contributed by atoms with Gasteiger partial charge in [0.2, 0.25) is 5.91 Å². The molecular weight excluding hydrogens is 420 g/mol. The highest BCUT2D eigenvalue weighted by Gasteiger charge is 2.45. The number of likely N-dealkylation sites (tertiary alicyclic amines) is 1. The summed E-state index contributed by atoms with van der Waals surface area (Å²) in [6, 6.07) is 16.3. The summed E-state index contributed by atoms with van der Waals surface area (Å²) >= 11 is 0. The molecule has 0 saturated carbocycles. The third kappa shape index (κ3) is 4.32. The standard InChI is InChI=1S/C26H30N2O5/c1-3-26(24(30)31)12-13-28(16-26)23(29)17(2)14-27-25(32)33-15-22-20-10-6-4-8-18(20)19-9-5-7-11-21(19)22/h4-11,17,22H,3,12-16H2,1-2H3,(H,27,32)(H,30,31). The van der Waals surface area contributed by atoms with Gasteiger partial charge in [0, 0.05) is 25.6 Å². The third-order valence-electron chi connectivity index (χ3n) is 7.11. The first-order valence-corrected chi connectivity index (χ1v) is 11.5. The van der Waals surface area contributed by atoms with E-state index in [1.165, 1.54) is 0 Å². The number of benzene rings is 2. The van der Waals surface area contributed by atoms with Crippen molar-refractivity contribution >= 4 is 18.0 Å². The summed E-state index contributed by atoms with van der Waals surface area (Å²) in [5.74, 6) is -1.49. The number of hydrogen-bond acceptors (Lipinski definition) is 4. The van der Waals surface area contributed by atoms with Crippen LogP contribution >= 0.6 is 0 Å². The van der Waals surface area contributed by atoms with E-state index >= 15 is 0 Å². The molecule has 0 spiro atoms. The molecule has 1 heterocycles. The molecule has 33 heavy (non-hydrogen) atoms. The molecule has 0 radical (unpaired) electrons. The molecule has 2 amide bonds. The Morgan fingerprint density at radius 1 is 1.12 bits per heavy atom. The second-order valence-electron chi connectivity index (χ2n) is 9.06. The van der Waals surface area contributed by atoms with Crippen LogP contribution in [0.2, 0.25) is 0 Å². The van der Waals surface area contributed by atoms with Crippen LogP contribution in [0.15, 0.2) is 48.5 Å². The smallest absolute Gasteiger partial charge is 0.407 e. The van der Waals surface area contributed by atoms with Gasteiger partial charge in [-0.25, -0.2) is 4.79 Å². The highest BCUT2D eigenvalue weighted by molar-refractivity contribution is 5.83. The quantitative estimate of drug-likeness (QED) is 0.668. The van der Waals surface area contributed by atoms with E-state index in [-0.39, 0.29) is 31.5 Å². The topological polar surface area (TPSA) is 95.9 Å². The van der Waals surface area contributed by atoms with Gasteiger partial charge in [-0.2, -0.15) is 0 Å². The van der Waals surface area contributed by atoms with E-state index in [1.54, 1.807) is 11.8 Å². The van der Waals surface area contributed by atoms with Crippen molar-refractivity contribution in [1.82, 2.24) is 10.2 Å². The minimum atomic E-state index is -0.865. The van der Waals surface area contributed by atoms with Crippen molar-refractivity contribution in [2.75, 3.05) is 26.2 Å². The van der Waals surface area contributed by atoms with Crippen LogP contribution in [-0.2, 0) is 14.3 Å². The predicted octanol–water partition coefficient (Wildman–Crippen LogP) is 3.87. The van der Waals surface area contributed by atoms with Crippen molar-refractivity contribution in [3.8, 4) is 11.1 Å². The second kappa shape index (κ2) is 9.25. The van der Waals surface area contributed by atoms with Crippen LogP contribution in [0.4, 0.5) is 4.79 Å². The lowest BCUT2D eigenvalue weighted by molar-refractivity contribution is -0.148. The molecule has 7 heteroatoms. The number of carbonyl (C=O) groups is 3. The number of aliphatic carboxylic acids is 1. The number of ether oxygens (including phenoxy) is 1. The Kier molecular flexibility index (Phi) is 6.40. The summed E-state index contributed by atoms with van der Waals surface area (Å²) in [6.07, 6.45) is 0.377. The Balaban J connectivity index is 1.30. The summed E-state index contributed by atoms with van der Waals surface area (Å²) in [5, 5.41) is 12.2. The number of rotatable bonds is 7. The number of fused-ring (bicyclic) bond motifs is 3. The number of carbonyl (C=O) groups excluding carboxylic acids is 2. The summed E-state index contributed by atoms with van der Waals surface area (Å²) < 4.78 is 5.52. The maximum absolute atomic E-state index is 12.8. The molecule has 2 aliphatic rings. The van der Waals surface area contributed by atoms with E-state index < -0.39 is 23.4 Å². The van der Waals surface area contributed by atoms with Gasteiger partial charge in [0.15, 0.2) is 0 Å². The average molecular weight is 451 g/mol. The molecule has 1 fully saturated rings. The van der Waals surface area contributed by atoms with E-state index in [0.717, 1.165) is 22.3 Å². The first-order chi connectivity index (χ1) is 15.9. The molecule has 0 aromatic heterocycles. The van der Waals surface area contributed by atoms with Crippen LogP contribution in [0.5, 0.6) is 0 Å². The summed E-state index contributed by atoms with van der Waals surface area (Å²) in [7, 11) is 0. The lowest BCUT2D eigenvalue weighted by atomic mass is 9.84. The number of nitrogens with zero attached hydrogens (tertiary/aromatic N) is 1. The highest BCUT2D eigenvalue weighted by atomic mass is 16.5. The number of amides is 2. The molecule has 2 atom stereocenters. The normalized spacial score (nSPS) is 20.1. The van der Waals surface area contributed by atoms with Crippen LogP contribution in [0.25, 0.3) is 11.1 Å². The van der Waals surface area contributed by atoms with E-state index in [1.807, 2.05) is 31.2 Å². The van der Waals surface area contributed by atoms with Gasteiger partial charge in [0.25, 0.3) is 0 Å². The minimum Gasteiger partial charge on any atom is -0.481 e. The Morgan fingerprint density at radius 2 is 1.73 bits per heavy atom. The minimum absolute atomic E-state index is 0.0232. The number of nitrogens with one attached hydrogen (secondary N) is 1. The first kappa shape index (κ1) is 22.8. The fraction of sp³-hybridized carbons (Fsp3) is 0.423. The van der Waals surface area contributed by atoms with Crippen LogP contribution in [0, 0.1) is 11.3 Å².